The van der Waals surface area contributed by atoms with Crippen molar-refractivity contribution in [1.29, 1.82) is 0 Å². The molecule has 1 saturated carbocycles. The number of benzene rings is 1. The van der Waals surface area contributed by atoms with Gasteiger partial charge in [-0.2, -0.15) is 0 Å². The summed E-state index contributed by atoms with van der Waals surface area (Å²) in [5.41, 5.74) is 2.78. The van der Waals surface area contributed by atoms with Crippen LogP contribution in [0.3, 0.4) is 0 Å². The van der Waals surface area contributed by atoms with E-state index in [1.54, 1.807) is 0 Å². The van der Waals surface area contributed by atoms with Crippen molar-refractivity contribution in [2.24, 2.45) is 0 Å². The summed E-state index contributed by atoms with van der Waals surface area (Å²) in [4.78, 5) is 14.5. The number of aryl methyl sites for hydroxylation is 2. The predicted molar refractivity (Wildman–Crippen MR) is 90.5 cm³/mol. The number of hydrogen-bond donors (Lipinski definition) is 2. The number of unbranched alkanes of at least 4 members (excludes halogenated alkanes) is 1. The predicted octanol–water partition coefficient (Wildman–Crippen LogP) is 3.13. The Hall–Kier alpha value is -1.10. The first-order valence-corrected chi connectivity index (χ1v) is 8.30. The molecule has 22 heavy (non-hydrogen) atoms. The van der Waals surface area contributed by atoms with Crippen molar-refractivity contribution >= 4 is 23.2 Å². The Morgan fingerprint density at radius 1 is 1.36 bits per heavy atom. The van der Waals surface area contributed by atoms with Crippen molar-refractivity contribution in [2.45, 2.75) is 45.6 Å². The van der Waals surface area contributed by atoms with Crippen molar-refractivity contribution in [2.75, 3.05) is 25.0 Å². The molecule has 0 aliphatic heterocycles. The van der Waals surface area contributed by atoms with Crippen LogP contribution < -0.4 is 5.32 Å². The lowest BCUT2D eigenvalue weighted by molar-refractivity contribution is -0.117. The van der Waals surface area contributed by atoms with Gasteiger partial charge in [0, 0.05) is 12.6 Å². The molecule has 0 heterocycles. The van der Waals surface area contributed by atoms with Crippen LogP contribution in [0.15, 0.2) is 12.1 Å². The number of halogens is 1. The van der Waals surface area contributed by atoms with Crippen LogP contribution in [-0.4, -0.2) is 41.7 Å². The number of carbonyl (C=O) groups is 1. The van der Waals surface area contributed by atoms with Gasteiger partial charge in [-0.15, -0.1) is 0 Å². The van der Waals surface area contributed by atoms with E-state index in [4.69, 9.17) is 16.7 Å². The number of hydrogen-bond acceptors (Lipinski definition) is 3. The van der Waals surface area contributed by atoms with Crippen molar-refractivity contribution in [1.82, 2.24) is 4.90 Å². The van der Waals surface area contributed by atoms with E-state index in [0.717, 1.165) is 43.4 Å². The zero-order valence-electron chi connectivity index (χ0n) is 13.4. The number of amides is 1. The fourth-order valence-electron chi connectivity index (χ4n) is 2.69. The Kier molecular flexibility index (Phi) is 6.24. The molecule has 0 unspecified atom stereocenters. The summed E-state index contributed by atoms with van der Waals surface area (Å²) in [5.74, 6) is -0.0234. The van der Waals surface area contributed by atoms with Crippen LogP contribution in [0.4, 0.5) is 5.69 Å². The third-order valence-electron chi connectivity index (χ3n) is 3.96. The van der Waals surface area contributed by atoms with Gasteiger partial charge >= 0.3 is 0 Å². The van der Waals surface area contributed by atoms with Gasteiger partial charge < -0.3 is 10.4 Å². The first-order valence-electron chi connectivity index (χ1n) is 7.92. The molecule has 1 aromatic carbocycles. The van der Waals surface area contributed by atoms with Crippen LogP contribution in [0, 0.1) is 13.8 Å². The second-order valence-corrected chi connectivity index (χ2v) is 6.53. The van der Waals surface area contributed by atoms with Gasteiger partial charge in [-0.3, -0.25) is 9.69 Å². The molecule has 1 amide bonds. The van der Waals surface area contributed by atoms with Gasteiger partial charge in [0.15, 0.2) is 0 Å². The standard InChI is InChI=1S/C17H25ClN2O2/c1-12-9-13(2)17(15(18)10-12)19-16(22)11-20(14-5-6-14)7-3-4-8-21/h9-10,14,21H,3-8,11H2,1-2H3,(H,19,22). The maximum atomic E-state index is 12.3. The van der Waals surface area contributed by atoms with E-state index in [-0.39, 0.29) is 12.5 Å². The van der Waals surface area contributed by atoms with Crippen LogP contribution in [0.25, 0.3) is 0 Å². The summed E-state index contributed by atoms with van der Waals surface area (Å²) < 4.78 is 0. The lowest BCUT2D eigenvalue weighted by Gasteiger charge is -2.21. The van der Waals surface area contributed by atoms with Crippen LogP contribution in [0.1, 0.15) is 36.8 Å². The molecule has 1 aliphatic rings. The molecule has 0 aromatic heterocycles. The molecule has 1 fully saturated rings. The third kappa shape index (κ3) is 4.97. The highest BCUT2D eigenvalue weighted by Crippen LogP contribution is 2.29. The van der Waals surface area contributed by atoms with E-state index in [0.29, 0.717) is 23.3 Å². The highest BCUT2D eigenvalue weighted by molar-refractivity contribution is 6.34. The molecular formula is C17H25ClN2O2. The van der Waals surface area contributed by atoms with E-state index in [1.165, 1.54) is 0 Å². The molecule has 4 nitrogen and oxygen atoms in total. The molecule has 0 spiro atoms. The summed E-state index contributed by atoms with van der Waals surface area (Å²) in [6.07, 6.45) is 4.03. The molecule has 2 N–H and O–H groups in total. The van der Waals surface area contributed by atoms with Crippen molar-refractivity contribution in [3.63, 3.8) is 0 Å². The molecule has 1 aliphatic carbocycles. The summed E-state index contributed by atoms with van der Waals surface area (Å²) in [7, 11) is 0. The first-order chi connectivity index (χ1) is 10.5. The molecule has 2 rings (SSSR count). The Balaban J connectivity index is 1.93. The molecule has 122 valence electrons. The first kappa shape index (κ1) is 17.3. The largest absolute Gasteiger partial charge is 0.396 e. The Morgan fingerprint density at radius 3 is 2.68 bits per heavy atom. The maximum Gasteiger partial charge on any atom is 0.238 e. The molecular weight excluding hydrogens is 300 g/mol. The summed E-state index contributed by atoms with van der Waals surface area (Å²) in [6.45, 7) is 5.40. The van der Waals surface area contributed by atoms with Gasteiger partial charge in [-0.1, -0.05) is 17.7 Å². The number of rotatable bonds is 8. The normalized spacial score (nSPS) is 14.4. The zero-order chi connectivity index (χ0) is 16.1. The number of aliphatic hydroxyl groups is 1. The SMILES string of the molecule is Cc1cc(C)c(NC(=O)CN(CCCCO)C2CC2)c(Cl)c1. The number of nitrogens with one attached hydrogen (secondary N) is 1. The Bertz CT molecular complexity index is 506. The maximum absolute atomic E-state index is 12.3. The number of carbonyl (C=O) groups excluding carboxylic acids is 1. The van der Waals surface area contributed by atoms with Gasteiger partial charge in [0.2, 0.25) is 5.91 Å². The van der Waals surface area contributed by atoms with Gasteiger partial charge in [0.25, 0.3) is 0 Å². The smallest absolute Gasteiger partial charge is 0.238 e. The highest BCUT2D eigenvalue weighted by atomic mass is 35.5. The van der Waals surface area contributed by atoms with E-state index in [2.05, 4.69) is 10.2 Å². The molecule has 0 radical (unpaired) electrons. The molecule has 0 saturated heterocycles. The minimum atomic E-state index is -0.0234. The molecule has 0 bridgehead atoms. The quantitative estimate of drug-likeness (QED) is 0.722. The van der Waals surface area contributed by atoms with Gasteiger partial charge in [-0.05, 0) is 63.3 Å². The van der Waals surface area contributed by atoms with Gasteiger partial charge in [-0.25, -0.2) is 0 Å². The summed E-state index contributed by atoms with van der Waals surface area (Å²) in [6, 6.07) is 4.41. The lowest BCUT2D eigenvalue weighted by Crippen LogP contribution is -2.35. The Labute approximate surface area is 137 Å². The minimum absolute atomic E-state index is 0.0234. The second-order valence-electron chi connectivity index (χ2n) is 6.12. The van der Waals surface area contributed by atoms with Crippen molar-refractivity contribution in [3.8, 4) is 0 Å². The summed E-state index contributed by atoms with van der Waals surface area (Å²) in [5, 5.41) is 12.4. The van der Waals surface area contributed by atoms with E-state index < -0.39 is 0 Å². The second kappa shape index (κ2) is 7.95. The average Bonchev–Trinajstić information content (AvgIpc) is 3.26. The fraction of sp³-hybridized carbons (Fsp3) is 0.588. The van der Waals surface area contributed by atoms with E-state index >= 15 is 0 Å². The molecule has 5 heteroatoms. The fourth-order valence-corrected chi connectivity index (χ4v) is 3.06. The summed E-state index contributed by atoms with van der Waals surface area (Å²) >= 11 is 6.24. The van der Waals surface area contributed by atoms with Crippen molar-refractivity contribution < 1.29 is 9.90 Å². The zero-order valence-corrected chi connectivity index (χ0v) is 14.1. The third-order valence-corrected chi connectivity index (χ3v) is 4.26. The van der Waals surface area contributed by atoms with Crippen LogP contribution >= 0.6 is 11.6 Å². The van der Waals surface area contributed by atoms with Crippen molar-refractivity contribution in [3.05, 3.63) is 28.3 Å². The monoisotopic (exact) mass is 324 g/mol. The number of aliphatic hydroxyl groups excluding tert-OH is 1. The van der Waals surface area contributed by atoms with Gasteiger partial charge in [0.05, 0.1) is 17.3 Å². The molecule has 0 atom stereocenters. The van der Waals surface area contributed by atoms with Crippen LogP contribution in [0.2, 0.25) is 5.02 Å². The van der Waals surface area contributed by atoms with Gasteiger partial charge in [0.1, 0.15) is 0 Å². The van der Waals surface area contributed by atoms with Crippen LogP contribution in [0.5, 0.6) is 0 Å². The average molecular weight is 325 g/mol. The molecule has 1 aromatic rings. The Morgan fingerprint density at radius 2 is 2.09 bits per heavy atom. The van der Waals surface area contributed by atoms with E-state index in [9.17, 15) is 4.79 Å². The number of anilines is 1. The highest BCUT2D eigenvalue weighted by Gasteiger charge is 2.29. The lowest BCUT2D eigenvalue weighted by atomic mass is 10.1. The number of nitrogens with zero attached hydrogens (tertiary/aromatic N) is 1. The van der Waals surface area contributed by atoms with E-state index in [1.807, 2.05) is 26.0 Å². The van der Waals surface area contributed by atoms with Crippen LogP contribution in [-0.2, 0) is 4.79 Å². The minimum Gasteiger partial charge on any atom is -0.396 e. The topological polar surface area (TPSA) is 52.6 Å².